The fourth-order valence-electron chi connectivity index (χ4n) is 4.66. The van der Waals surface area contributed by atoms with Crippen molar-refractivity contribution in [2.75, 3.05) is 13.2 Å². The van der Waals surface area contributed by atoms with Crippen molar-refractivity contribution in [3.05, 3.63) is 48.3 Å². The smallest absolute Gasteiger partial charge is 0.255 e. The number of hydrogen-bond donors (Lipinski definition) is 2. The van der Waals surface area contributed by atoms with Gasteiger partial charge in [0.2, 0.25) is 0 Å². The van der Waals surface area contributed by atoms with Gasteiger partial charge in [0, 0.05) is 55.2 Å². The van der Waals surface area contributed by atoms with Crippen molar-refractivity contribution < 1.29 is 9.53 Å². The molecule has 0 unspecified atom stereocenters. The molecule has 4 aromatic heterocycles. The van der Waals surface area contributed by atoms with E-state index in [4.69, 9.17) is 9.72 Å². The van der Waals surface area contributed by atoms with Crippen molar-refractivity contribution in [2.45, 2.75) is 44.6 Å². The average molecular weight is 431 g/mol. The highest BCUT2D eigenvalue weighted by molar-refractivity contribution is 6.02. The first-order chi connectivity index (χ1) is 15.7. The topological polar surface area (TPSA) is 97.2 Å². The van der Waals surface area contributed by atoms with Gasteiger partial charge >= 0.3 is 0 Å². The van der Waals surface area contributed by atoms with E-state index in [0.717, 1.165) is 58.7 Å². The Morgan fingerprint density at radius 1 is 1.22 bits per heavy atom. The van der Waals surface area contributed by atoms with Crippen molar-refractivity contribution in [3.63, 3.8) is 0 Å². The number of ether oxygens (including phenoxy) is 1. The molecule has 8 nitrogen and oxygen atoms in total. The van der Waals surface area contributed by atoms with Crippen LogP contribution < -0.4 is 5.32 Å². The second-order valence-corrected chi connectivity index (χ2v) is 8.92. The summed E-state index contributed by atoms with van der Waals surface area (Å²) in [5.74, 6) is 1.55. The third-order valence-corrected chi connectivity index (χ3v) is 6.81. The van der Waals surface area contributed by atoms with Crippen LogP contribution in [0.15, 0.2) is 36.9 Å². The zero-order valence-corrected chi connectivity index (χ0v) is 17.9. The summed E-state index contributed by atoms with van der Waals surface area (Å²) in [5, 5.41) is 8.48. The van der Waals surface area contributed by atoms with Gasteiger partial charge in [-0.2, -0.15) is 5.10 Å². The minimum absolute atomic E-state index is 0.0908. The van der Waals surface area contributed by atoms with Gasteiger partial charge in [0.05, 0.1) is 17.3 Å². The van der Waals surface area contributed by atoms with E-state index in [-0.39, 0.29) is 11.9 Å². The summed E-state index contributed by atoms with van der Waals surface area (Å²) >= 11 is 0. The minimum atomic E-state index is -0.0908. The van der Waals surface area contributed by atoms with Gasteiger partial charge < -0.3 is 15.0 Å². The SMILES string of the molecule is O=C(NC1CCOCC1)c1cnn2ccc(-c3c[nH]c4nc(CC5CCC5)ncc34)cc12. The molecule has 5 heterocycles. The molecule has 0 bridgehead atoms. The standard InChI is InChI=1S/C24H26N6O2/c31-24(28-17-5-8-32-9-6-17)20-14-27-30-7-4-16(11-21(20)30)18-12-26-23-19(18)13-25-22(29-23)10-15-2-1-3-15/h4,7,11-15,17H,1-3,5-6,8-10H2,(H,28,31)(H,25,26,29). The van der Waals surface area contributed by atoms with E-state index in [9.17, 15) is 4.79 Å². The number of carbonyl (C=O) groups is 1. The first-order valence-corrected chi connectivity index (χ1v) is 11.4. The van der Waals surface area contributed by atoms with E-state index < -0.39 is 0 Å². The van der Waals surface area contributed by atoms with Crippen molar-refractivity contribution in [3.8, 4) is 11.1 Å². The van der Waals surface area contributed by atoms with Gasteiger partial charge in [0.25, 0.3) is 5.91 Å². The monoisotopic (exact) mass is 430 g/mol. The molecule has 6 rings (SSSR count). The quantitative estimate of drug-likeness (QED) is 0.505. The van der Waals surface area contributed by atoms with Gasteiger partial charge in [0.15, 0.2) is 0 Å². The summed E-state index contributed by atoms with van der Waals surface area (Å²) < 4.78 is 7.13. The number of carbonyl (C=O) groups excluding carboxylic acids is 1. The number of fused-ring (bicyclic) bond motifs is 2. The van der Waals surface area contributed by atoms with E-state index in [1.54, 1.807) is 10.7 Å². The molecule has 1 amide bonds. The van der Waals surface area contributed by atoms with Gasteiger partial charge in [-0.25, -0.2) is 14.5 Å². The number of aromatic amines is 1. The van der Waals surface area contributed by atoms with Gasteiger partial charge in [-0.05, 0) is 36.5 Å². The van der Waals surface area contributed by atoms with Crippen LogP contribution in [0.3, 0.4) is 0 Å². The molecule has 0 radical (unpaired) electrons. The van der Waals surface area contributed by atoms with Crippen molar-refractivity contribution in [1.29, 1.82) is 0 Å². The number of hydrogen-bond acceptors (Lipinski definition) is 5. The molecule has 1 saturated heterocycles. The lowest BCUT2D eigenvalue weighted by Crippen LogP contribution is -2.38. The van der Waals surface area contributed by atoms with E-state index in [1.807, 2.05) is 30.7 Å². The molecule has 2 aliphatic rings. The summed E-state index contributed by atoms with van der Waals surface area (Å²) in [6, 6.07) is 4.16. The summed E-state index contributed by atoms with van der Waals surface area (Å²) in [6.45, 7) is 1.38. The van der Waals surface area contributed by atoms with E-state index in [2.05, 4.69) is 20.4 Å². The third-order valence-electron chi connectivity index (χ3n) is 6.81. The fourth-order valence-corrected chi connectivity index (χ4v) is 4.66. The Morgan fingerprint density at radius 2 is 2.09 bits per heavy atom. The average Bonchev–Trinajstić information content (AvgIpc) is 3.40. The normalized spacial score (nSPS) is 17.6. The maximum absolute atomic E-state index is 12.9. The van der Waals surface area contributed by atoms with Crippen LogP contribution in [0.5, 0.6) is 0 Å². The van der Waals surface area contributed by atoms with Crippen LogP contribution in [0.1, 0.15) is 48.3 Å². The van der Waals surface area contributed by atoms with Crippen molar-refractivity contribution >= 4 is 22.5 Å². The predicted molar refractivity (Wildman–Crippen MR) is 120 cm³/mol. The number of amides is 1. The van der Waals surface area contributed by atoms with E-state index in [1.165, 1.54) is 19.3 Å². The number of nitrogens with one attached hydrogen (secondary N) is 2. The second-order valence-electron chi connectivity index (χ2n) is 8.92. The molecule has 1 aliphatic heterocycles. The summed E-state index contributed by atoms with van der Waals surface area (Å²) in [6.07, 6.45) is 13.9. The molecule has 1 aliphatic carbocycles. The van der Waals surface area contributed by atoms with Crippen LogP contribution in [0.25, 0.3) is 27.7 Å². The number of nitrogens with zero attached hydrogens (tertiary/aromatic N) is 4. The number of pyridine rings is 1. The third kappa shape index (κ3) is 3.54. The molecular formula is C24H26N6O2. The largest absolute Gasteiger partial charge is 0.381 e. The first kappa shape index (κ1) is 19.4. The molecule has 0 atom stereocenters. The molecule has 2 fully saturated rings. The van der Waals surface area contributed by atoms with Crippen LogP contribution in [-0.2, 0) is 11.2 Å². The van der Waals surface area contributed by atoms with Crippen LogP contribution >= 0.6 is 0 Å². The molecule has 0 aromatic carbocycles. The zero-order chi connectivity index (χ0) is 21.5. The molecule has 32 heavy (non-hydrogen) atoms. The van der Waals surface area contributed by atoms with Crippen molar-refractivity contribution in [2.24, 2.45) is 5.92 Å². The highest BCUT2D eigenvalue weighted by atomic mass is 16.5. The van der Waals surface area contributed by atoms with Gasteiger partial charge in [-0.3, -0.25) is 4.79 Å². The van der Waals surface area contributed by atoms with Gasteiger partial charge in [-0.1, -0.05) is 19.3 Å². The first-order valence-electron chi connectivity index (χ1n) is 11.4. The van der Waals surface area contributed by atoms with E-state index in [0.29, 0.717) is 18.8 Å². The maximum atomic E-state index is 12.9. The molecular weight excluding hydrogens is 404 g/mol. The molecule has 2 N–H and O–H groups in total. The Labute approximate surface area is 185 Å². The number of H-pyrrole nitrogens is 1. The fraction of sp³-hybridized carbons (Fsp3) is 0.417. The van der Waals surface area contributed by atoms with Crippen LogP contribution in [0.2, 0.25) is 0 Å². The molecule has 164 valence electrons. The molecule has 1 saturated carbocycles. The summed E-state index contributed by atoms with van der Waals surface area (Å²) in [5.41, 5.74) is 4.24. The van der Waals surface area contributed by atoms with Crippen molar-refractivity contribution in [1.82, 2.24) is 29.9 Å². The predicted octanol–water partition coefficient (Wildman–Crippen LogP) is 3.52. The lowest BCUT2D eigenvalue weighted by molar-refractivity contribution is 0.0697. The molecule has 8 heteroatoms. The molecule has 4 aromatic rings. The maximum Gasteiger partial charge on any atom is 0.255 e. The lowest BCUT2D eigenvalue weighted by Gasteiger charge is -2.24. The van der Waals surface area contributed by atoms with E-state index >= 15 is 0 Å². The lowest BCUT2D eigenvalue weighted by atomic mass is 9.83. The summed E-state index contributed by atoms with van der Waals surface area (Å²) in [7, 11) is 0. The Kier molecular flexibility index (Phi) is 4.87. The number of rotatable bonds is 5. The summed E-state index contributed by atoms with van der Waals surface area (Å²) in [4.78, 5) is 25.6. The Bertz CT molecular complexity index is 1280. The van der Waals surface area contributed by atoms with Gasteiger partial charge in [-0.15, -0.1) is 0 Å². The Morgan fingerprint density at radius 3 is 2.91 bits per heavy atom. The van der Waals surface area contributed by atoms with Crippen LogP contribution in [-0.4, -0.2) is 49.7 Å². The Hall–Kier alpha value is -3.26. The van der Waals surface area contributed by atoms with Crippen LogP contribution in [0.4, 0.5) is 0 Å². The highest BCUT2D eigenvalue weighted by Gasteiger charge is 2.21. The van der Waals surface area contributed by atoms with Crippen LogP contribution in [0, 0.1) is 5.92 Å². The highest BCUT2D eigenvalue weighted by Crippen LogP contribution is 2.31. The molecule has 0 spiro atoms. The van der Waals surface area contributed by atoms with Gasteiger partial charge in [0.1, 0.15) is 11.5 Å². The second kappa shape index (κ2) is 8.02. The number of aromatic nitrogens is 5. The Balaban J connectivity index is 1.30. The minimum Gasteiger partial charge on any atom is -0.381 e. The zero-order valence-electron chi connectivity index (χ0n) is 17.9.